The van der Waals surface area contributed by atoms with E-state index in [2.05, 4.69) is 17.6 Å². The minimum atomic E-state index is -3.46. The van der Waals surface area contributed by atoms with Crippen LogP contribution in [0.5, 0.6) is 0 Å². The maximum Gasteiger partial charge on any atom is 0.251 e. The van der Waals surface area contributed by atoms with Crippen molar-refractivity contribution in [1.82, 2.24) is 14.9 Å². The van der Waals surface area contributed by atoms with Crippen molar-refractivity contribution >= 4 is 28.3 Å². The van der Waals surface area contributed by atoms with Crippen LogP contribution in [0.15, 0.2) is 29.2 Å². The van der Waals surface area contributed by atoms with Gasteiger partial charge in [0.2, 0.25) is 10.0 Å². The fourth-order valence-corrected chi connectivity index (χ4v) is 4.87. The summed E-state index contributed by atoms with van der Waals surface area (Å²) in [6, 6.07) is 6.43. The van der Waals surface area contributed by atoms with Crippen LogP contribution in [0, 0.1) is 5.92 Å². The molecule has 8 heteroatoms. The molecule has 0 aromatic heterocycles. The maximum absolute atomic E-state index is 12.7. The number of nitrogens with zero attached hydrogens (tertiary/aromatic N) is 1. The predicted octanol–water partition coefficient (Wildman–Crippen LogP) is 2.01. The van der Waals surface area contributed by atoms with E-state index in [1.807, 2.05) is 0 Å². The zero-order valence-electron chi connectivity index (χ0n) is 15.1. The molecule has 146 valence electrons. The molecule has 0 spiro atoms. The highest BCUT2D eigenvalue weighted by molar-refractivity contribution is 7.89. The molecule has 2 heterocycles. The van der Waals surface area contributed by atoms with Gasteiger partial charge in [-0.1, -0.05) is 6.92 Å². The van der Waals surface area contributed by atoms with Crippen LogP contribution in [-0.4, -0.2) is 50.9 Å². The van der Waals surface area contributed by atoms with E-state index in [4.69, 9.17) is 0 Å². The van der Waals surface area contributed by atoms with Gasteiger partial charge >= 0.3 is 0 Å². The van der Waals surface area contributed by atoms with Crippen LogP contribution >= 0.6 is 12.4 Å². The first kappa shape index (κ1) is 21.2. The molecule has 2 saturated heterocycles. The third kappa shape index (κ3) is 4.97. The molecule has 2 aliphatic heterocycles. The molecular formula is C18H28ClN3O3S. The van der Waals surface area contributed by atoms with Crippen molar-refractivity contribution in [1.29, 1.82) is 0 Å². The number of piperidine rings is 2. The van der Waals surface area contributed by atoms with Crippen LogP contribution in [0.25, 0.3) is 0 Å². The summed E-state index contributed by atoms with van der Waals surface area (Å²) < 4.78 is 27.0. The topological polar surface area (TPSA) is 78.5 Å². The highest BCUT2D eigenvalue weighted by Crippen LogP contribution is 2.23. The van der Waals surface area contributed by atoms with E-state index in [-0.39, 0.29) is 29.3 Å². The van der Waals surface area contributed by atoms with E-state index < -0.39 is 10.0 Å². The summed E-state index contributed by atoms with van der Waals surface area (Å²) in [5.41, 5.74) is 0.497. The number of sulfonamides is 1. The quantitative estimate of drug-likeness (QED) is 0.808. The molecule has 1 aromatic carbocycles. The van der Waals surface area contributed by atoms with Crippen molar-refractivity contribution in [3.05, 3.63) is 29.8 Å². The van der Waals surface area contributed by atoms with Gasteiger partial charge in [0.25, 0.3) is 5.91 Å². The molecule has 2 aliphatic rings. The molecular weight excluding hydrogens is 374 g/mol. The van der Waals surface area contributed by atoms with Gasteiger partial charge in [-0.3, -0.25) is 4.79 Å². The summed E-state index contributed by atoms with van der Waals surface area (Å²) in [6.45, 7) is 5.07. The van der Waals surface area contributed by atoms with E-state index in [0.29, 0.717) is 24.6 Å². The van der Waals surface area contributed by atoms with Crippen LogP contribution in [0.1, 0.15) is 43.0 Å². The summed E-state index contributed by atoms with van der Waals surface area (Å²) in [5, 5.41) is 6.26. The van der Waals surface area contributed by atoms with Crippen LogP contribution in [0.4, 0.5) is 0 Å². The molecule has 0 aliphatic carbocycles. The van der Waals surface area contributed by atoms with E-state index in [9.17, 15) is 13.2 Å². The highest BCUT2D eigenvalue weighted by Gasteiger charge is 2.28. The predicted molar refractivity (Wildman–Crippen MR) is 104 cm³/mol. The van der Waals surface area contributed by atoms with Crippen LogP contribution in [-0.2, 0) is 10.0 Å². The Hall–Kier alpha value is -1.15. The molecule has 1 atom stereocenters. The van der Waals surface area contributed by atoms with Crippen molar-refractivity contribution in [3.8, 4) is 0 Å². The summed E-state index contributed by atoms with van der Waals surface area (Å²) in [5.74, 6) is 0.427. The van der Waals surface area contributed by atoms with Crippen molar-refractivity contribution < 1.29 is 13.2 Å². The molecule has 1 amide bonds. The molecule has 0 bridgehead atoms. The number of amides is 1. The van der Waals surface area contributed by atoms with E-state index in [0.717, 1.165) is 38.8 Å². The minimum Gasteiger partial charge on any atom is -0.348 e. The second kappa shape index (κ2) is 9.17. The maximum atomic E-state index is 12.7. The molecule has 0 saturated carbocycles. The van der Waals surface area contributed by atoms with Crippen molar-refractivity contribution in [3.63, 3.8) is 0 Å². The number of hydrogen-bond acceptors (Lipinski definition) is 4. The highest BCUT2D eigenvalue weighted by atomic mass is 35.5. The second-order valence-corrected chi connectivity index (χ2v) is 9.07. The summed E-state index contributed by atoms with van der Waals surface area (Å²) in [6.07, 6.45) is 3.82. The number of halogens is 1. The standard InChI is InChI=1S/C18H27N3O3S.ClH/c1-14-8-11-21(12-9-14)25(23,24)17-6-4-15(5-7-17)18(22)20-16-3-2-10-19-13-16;/h4-7,14,16,19H,2-3,8-13H2,1H3,(H,20,22);1H/t16-;/m0./s1. The third-order valence-corrected chi connectivity index (χ3v) is 7.04. The van der Waals surface area contributed by atoms with Gasteiger partial charge in [0.1, 0.15) is 0 Å². The van der Waals surface area contributed by atoms with Crippen LogP contribution in [0.2, 0.25) is 0 Å². The van der Waals surface area contributed by atoms with Gasteiger partial charge in [-0.05, 0) is 62.4 Å². The van der Waals surface area contributed by atoms with Crippen molar-refractivity contribution in [2.75, 3.05) is 26.2 Å². The molecule has 26 heavy (non-hydrogen) atoms. The zero-order valence-corrected chi connectivity index (χ0v) is 16.7. The smallest absolute Gasteiger partial charge is 0.251 e. The molecule has 3 rings (SSSR count). The number of benzene rings is 1. The molecule has 2 N–H and O–H groups in total. The number of nitrogens with one attached hydrogen (secondary N) is 2. The monoisotopic (exact) mass is 401 g/mol. The summed E-state index contributed by atoms with van der Waals surface area (Å²) >= 11 is 0. The first-order valence-corrected chi connectivity index (χ1v) is 10.5. The molecule has 2 fully saturated rings. The lowest BCUT2D eigenvalue weighted by Crippen LogP contribution is -2.45. The van der Waals surface area contributed by atoms with E-state index in [1.54, 1.807) is 28.6 Å². The lowest BCUT2D eigenvalue weighted by atomic mass is 10.0. The summed E-state index contributed by atoms with van der Waals surface area (Å²) in [7, 11) is -3.46. The number of carbonyl (C=O) groups is 1. The van der Waals surface area contributed by atoms with Gasteiger partial charge in [0.05, 0.1) is 4.90 Å². The second-order valence-electron chi connectivity index (χ2n) is 7.13. The number of hydrogen-bond donors (Lipinski definition) is 2. The Balaban J connectivity index is 0.00000243. The first-order valence-electron chi connectivity index (χ1n) is 9.08. The molecule has 0 radical (unpaired) electrons. The van der Waals surface area contributed by atoms with Gasteiger partial charge in [-0.2, -0.15) is 4.31 Å². The Morgan fingerprint density at radius 3 is 2.38 bits per heavy atom. The Kier molecular flexibility index (Phi) is 7.46. The van der Waals surface area contributed by atoms with Gasteiger partial charge in [0, 0.05) is 31.2 Å². The first-order chi connectivity index (χ1) is 12.0. The fraction of sp³-hybridized carbons (Fsp3) is 0.611. The van der Waals surface area contributed by atoms with Crippen molar-refractivity contribution in [2.24, 2.45) is 5.92 Å². The largest absolute Gasteiger partial charge is 0.348 e. The summed E-state index contributed by atoms with van der Waals surface area (Å²) in [4.78, 5) is 12.6. The van der Waals surface area contributed by atoms with Gasteiger partial charge in [-0.25, -0.2) is 8.42 Å². The SMILES string of the molecule is CC1CCN(S(=O)(=O)c2ccc(C(=O)N[C@H]3CCCNC3)cc2)CC1.Cl. The average molecular weight is 402 g/mol. The van der Waals surface area contributed by atoms with Crippen LogP contribution in [0.3, 0.4) is 0 Å². The van der Waals surface area contributed by atoms with Gasteiger partial charge < -0.3 is 10.6 Å². The zero-order chi connectivity index (χ0) is 17.9. The molecule has 1 aromatic rings. The van der Waals surface area contributed by atoms with E-state index >= 15 is 0 Å². The Labute approximate surface area is 162 Å². The third-order valence-electron chi connectivity index (χ3n) is 5.13. The number of carbonyl (C=O) groups excluding carboxylic acids is 1. The fourth-order valence-electron chi connectivity index (χ4n) is 3.40. The molecule has 0 unspecified atom stereocenters. The normalized spacial score (nSPS) is 22.4. The van der Waals surface area contributed by atoms with Gasteiger partial charge in [0.15, 0.2) is 0 Å². The van der Waals surface area contributed by atoms with E-state index in [1.165, 1.54) is 0 Å². The Bertz CT molecular complexity index is 695. The Morgan fingerprint density at radius 2 is 1.81 bits per heavy atom. The number of rotatable bonds is 4. The lowest BCUT2D eigenvalue weighted by molar-refractivity contribution is 0.0930. The van der Waals surface area contributed by atoms with Crippen molar-refractivity contribution in [2.45, 2.75) is 43.5 Å². The minimum absolute atomic E-state index is 0. The average Bonchev–Trinajstić information content (AvgIpc) is 2.63. The molecule has 6 nitrogen and oxygen atoms in total. The Morgan fingerprint density at radius 1 is 1.15 bits per heavy atom. The van der Waals surface area contributed by atoms with Gasteiger partial charge in [-0.15, -0.1) is 12.4 Å². The van der Waals surface area contributed by atoms with Crippen LogP contribution < -0.4 is 10.6 Å². The lowest BCUT2D eigenvalue weighted by Gasteiger charge is -2.29.